The Morgan fingerprint density at radius 2 is 1.45 bits per heavy atom. The molecule has 0 aliphatic carbocycles. The van der Waals surface area contributed by atoms with Gasteiger partial charge in [0.1, 0.15) is 11.4 Å². The second-order valence-electron chi connectivity index (χ2n) is 2.38. The molecule has 58 valence electrons. The fraction of sp³-hybridized carbons (Fsp3) is 0.429. The van der Waals surface area contributed by atoms with Gasteiger partial charge in [0.15, 0.2) is 11.6 Å². The van der Waals surface area contributed by atoms with Crippen molar-refractivity contribution in [3.63, 3.8) is 0 Å². The van der Waals surface area contributed by atoms with Crippen LogP contribution in [0.4, 0.5) is 0 Å². The fourth-order valence-electron chi connectivity index (χ4n) is 0.740. The zero-order chi connectivity index (χ0) is 8.43. The van der Waals surface area contributed by atoms with Gasteiger partial charge in [-0.1, -0.05) is 0 Å². The summed E-state index contributed by atoms with van der Waals surface area (Å²) in [5, 5.41) is 7.14. The van der Waals surface area contributed by atoms with E-state index < -0.39 is 0 Å². The monoisotopic (exact) mass is 152 g/mol. The molecule has 0 aromatic carbocycles. The van der Waals surface area contributed by atoms with E-state index in [1.165, 1.54) is 13.8 Å². The normalized spacial score (nSPS) is 15.8. The van der Waals surface area contributed by atoms with Crippen molar-refractivity contribution in [1.29, 1.82) is 0 Å². The Labute approximate surface area is 64.0 Å². The van der Waals surface area contributed by atoms with Crippen molar-refractivity contribution in [3.8, 4) is 0 Å². The number of nitrogens with zero attached hydrogens (tertiary/aromatic N) is 2. The van der Waals surface area contributed by atoms with E-state index in [1.807, 2.05) is 0 Å². The van der Waals surface area contributed by atoms with Crippen LogP contribution in [0.2, 0.25) is 0 Å². The van der Waals surface area contributed by atoms with Crippen molar-refractivity contribution < 1.29 is 9.59 Å². The van der Waals surface area contributed by atoms with Crippen LogP contribution in [0.25, 0.3) is 0 Å². The molecule has 0 radical (unpaired) electrons. The van der Waals surface area contributed by atoms with Crippen molar-refractivity contribution in [3.05, 3.63) is 0 Å². The predicted molar refractivity (Wildman–Crippen MR) is 40.8 cm³/mol. The van der Waals surface area contributed by atoms with E-state index in [1.54, 1.807) is 0 Å². The molecule has 4 heteroatoms. The largest absolute Gasteiger partial charge is 0.293 e. The third kappa shape index (κ3) is 1.58. The van der Waals surface area contributed by atoms with Crippen LogP contribution < -0.4 is 0 Å². The number of carbonyl (C=O) groups excluding carboxylic acids is 2. The predicted octanol–water partition coefficient (Wildman–Crippen LogP) is 0.365. The molecule has 1 rings (SSSR count). The van der Waals surface area contributed by atoms with Crippen molar-refractivity contribution >= 4 is 23.0 Å². The Morgan fingerprint density at radius 3 is 1.64 bits per heavy atom. The van der Waals surface area contributed by atoms with Gasteiger partial charge in [-0.3, -0.25) is 9.59 Å². The second kappa shape index (κ2) is 2.74. The summed E-state index contributed by atoms with van der Waals surface area (Å²) in [6.45, 7) is 2.83. The van der Waals surface area contributed by atoms with Gasteiger partial charge in [-0.25, -0.2) is 0 Å². The standard InChI is InChI=1S/C7H8N2O2/c1-4(10)6-3-7(5(2)11)9-8-6/h3H2,1-2H3. The average Bonchev–Trinajstić information content (AvgIpc) is 2.33. The Bertz CT molecular complexity index is 248. The lowest BCUT2D eigenvalue weighted by Crippen LogP contribution is -2.15. The third-order valence-electron chi connectivity index (χ3n) is 1.44. The first-order valence-corrected chi connectivity index (χ1v) is 3.26. The highest BCUT2D eigenvalue weighted by atomic mass is 16.1. The van der Waals surface area contributed by atoms with E-state index in [2.05, 4.69) is 10.2 Å². The molecule has 0 aromatic rings. The second-order valence-corrected chi connectivity index (χ2v) is 2.38. The Morgan fingerprint density at radius 1 is 1.09 bits per heavy atom. The van der Waals surface area contributed by atoms with Crippen LogP contribution in [0.15, 0.2) is 10.2 Å². The van der Waals surface area contributed by atoms with E-state index in [0.29, 0.717) is 17.8 Å². The fourth-order valence-corrected chi connectivity index (χ4v) is 0.740. The molecule has 0 unspecified atom stereocenters. The molecular formula is C7H8N2O2. The van der Waals surface area contributed by atoms with Crippen LogP contribution in [0.5, 0.6) is 0 Å². The van der Waals surface area contributed by atoms with Crippen molar-refractivity contribution in [2.45, 2.75) is 20.3 Å². The summed E-state index contributed by atoms with van der Waals surface area (Å²) in [5.74, 6) is -0.241. The molecule has 1 aliphatic heterocycles. The maximum Gasteiger partial charge on any atom is 0.176 e. The van der Waals surface area contributed by atoms with Crippen LogP contribution in [0.3, 0.4) is 0 Å². The summed E-state index contributed by atoms with van der Waals surface area (Å²) in [6.07, 6.45) is 0.296. The first-order valence-electron chi connectivity index (χ1n) is 3.26. The number of hydrogen-bond acceptors (Lipinski definition) is 4. The first kappa shape index (κ1) is 7.78. The van der Waals surface area contributed by atoms with Gasteiger partial charge >= 0.3 is 0 Å². The number of rotatable bonds is 2. The van der Waals surface area contributed by atoms with E-state index in [4.69, 9.17) is 0 Å². The molecule has 0 fully saturated rings. The quantitative estimate of drug-likeness (QED) is 0.573. The van der Waals surface area contributed by atoms with E-state index in [-0.39, 0.29) is 11.6 Å². The number of ketones is 2. The Hall–Kier alpha value is -1.32. The molecule has 11 heavy (non-hydrogen) atoms. The summed E-state index contributed by atoms with van der Waals surface area (Å²) >= 11 is 0. The molecule has 0 spiro atoms. The van der Waals surface area contributed by atoms with Gasteiger partial charge in [0, 0.05) is 20.3 Å². The summed E-state index contributed by atoms with van der Waals surface area (Å²) in [5.41, 5.74) is 0.741. The molecule has 0 saturated heterocycles. The van der Waals surface area contributed by atoms with Crippen LogP contribution >= 0.6 is 0 Å². The number of Topliss-reactive ketones (excluding diaryl/α,β-unsaturated/α-hetero) is 2. The number of carbonyl (C=O) groups is 2. The molecule has 0 bridgehead atoms. The zero-order valence-electron chi connectivity index (χ0n) is 6.42. The molecule has 1 aliphatic rings. The lowest BCUT2D eigenvalue weighted by atomic mass is 10.1. The molecule has 0 saturated carbocycles. The average molecular weight is 152 g/mol. The molecule has 1 heterocycles. The molecule has 4 nitrogen and oxygen atoms in total. The Balaban J connectivity index is 2.66. The number of hydrogen-bond donors (Lipinski definition) is 0. The topological polar surface area (TPSA) is 58.9 Å². The highest BCUT2D eigenvalue weighted by Crippen LogP contribution is 2.03. The van der Waals surface area contributed by atoms with E-state index >= 15 is 0 Å². The van der Waals surface area contributed by atoms with Crippen LogP contribution in [0.1, 0.15) is 20.3 Å². The van der Waals surface area contributed by atoms with E-state index in [0.717, 1.165) is 0 Å². The van der Waals surface area contributed by atoms with Crippen molar-refractivity contribution in [2.24, 2.45) is 10.2 Å². The molecule has 0 aromatic heterocycles. The van der Waals surface area contributed by atoms with Gasteiger partial charge in [0.2, 0.25) is 0 Å². The third-order valence-corrected chi connectivity index (χ3v) is 1.44. The van der Waals surface area contributed by atoms with Gasteiger partial charge in [-0.15, -0.1) is 0 Å². The summed E-state index contributed by atoms with van der Waals surface area (Å²) in [4.78, 5) is 21.4. The minimum Gasteiger partial charge on any atom is -0.293 e. The summed E-state index contributed by atoms with van der Waals surface area (Å²) in [7, 11) is 0. The summed E-state index contributed by atoms with van der Waals surface area (Å²) in [6, 6.07) is 0. The molecule has 0 atom stereocenters. The van der Waals surface area contributed by atoms with Crippen LogP contribution in [-0.4, -0.2) is 23.0 Å². The lowest BCUT2D eigenvalue weighted by Gasteiger charge is -1.90. The SMILES string of the molecule is CC(=O)C1=NN=C(C(C)=O)C1. The minimum atomic E-state index is -0.120. The summed E-state index contributed by atoms with van der Waals surface area (Å²) < 4.78 is 0. The maximum atomic E-state index is 10.7. The molecule has 0 N–H and O–H groups in total. The van der Waals surface area contributed by atoms with Crippen molar-refractivity contribution in [1.82, 2.24) is 0 Å². The first-order chi connectivity index (χ1) is 5.11. The van der Waals surface area contributed by atoms with Gasteiger partial charge in [-0.2, -0.15) is 10.2 Å². The molecular weight excluding hydrogens is 144 g/mol. The van der Waals surface area contributed by atoms with Gasteiger partial charge in [0.25, 0.3) is 0 Å². The van der Waals surface area contributed by atoms with Gasteiger partial charge in [0.05, 0.1) is 0 Å². The lowest BCUT2D eigenvalue weighted by molar-refractivity contribution is -0.111. The maximum absolute atomic E-state index is 10.7. The zero-order valence-corrected chi connectivity index (χ0v) is 6.42. The van der Waals surface area contributed by atoms with E-state index in [9.17, 15) is 9.59 Å². The smallest absolute Gasteiger partial charge is 0.176 e. The van der Waals surface area contributed by atoms with Crippen LogP contribution in [0, 0.1) is 0 Å². The highest BCUT2D eigenvalue weighted by Gasteiger charge is 2.18. The van der Waals surface area contributed by atoms with Crippen molar-refractivity contribution in [2.75, 3.05) is 0 Å². The Kier molecular flexibility index (Phi) is 1.94. The van der Waals surface area contributed by atoms with Gasteiger partial charge in [-0.05, 0) is 0 Å². The van der Waals surface area contributed by atoms with Crippen LogP contribution in [-0.2, 0) is 9.59 Å². The molecule has 0 amide bonds. The minimum absolute atomic E-state index is 0.120. The highest BCUT2D eigenvalue weighted by molar-refractivity contribution is 6.52. The van der Waals surface area contributed by atoms with Gasteiger partial charge < -0.3 is 0 Å².